The molecule has 1 atom stereocenters. The van der Waals surface area contributed by atoms with E-state index in [4.69, 9.17) is 5.84 Å². The van der Waals surface area contributed by atoms with Crippen molar-refractivity contribution in [2.24, 2.45) is 5.84 Å². The average molecular weight is 333 g/mol. The molecular weight excluding hydrogens is 312 g/mol. The maximum absolute atomic E-state index is 5.79. The third kappa shape index (κ3) is 3.29. The fraction of sp³-hybridized carbons (Fsp3) is 0.294. The summed E-state index contributed by atoms with van der Waals surface area (Å²) in [5.41, 5.74) is 9.30. The molecule has 3 heteroatoms. The summed E-state index contributed by atoms with van der Waals surface area (Å²) in [5.74, 6) is 5.79. The quantitative estimate of drug-likeness (QED) is 0.652. The van der Waals surface area contributed by atoms with Gasteiger partial charge in [-0.15, -0.1) is 0 Å². The molecule has 0 amide bonds. The number of benzene rings is 2. The topological polar surface area (TPSA) is 38.0 Å². The van der Waals surface area contributed by atoms with E-state index >= 15 is 0 Å². The minimum Gasteiger partial charge on any atom is -0.271 e. The number of halogens is 1. The second-order valence-corrected chi connectivity index (χ2v) is 6.12. The van der Waals surface area contributed by atoms with Crippen molar-refractivity contribution in [1.29, 1.82) is 0 Å². The maximum Gasteiger partial charge on any atom is 0.0511 e. The molecule has 0 aromatic heterocycles. The van der Waals surface area contributed by atoms with Crippen LogP contribution in [0, 0.1) is 20.8 Å². The van der Waals surface area contributed by atoms with Crippen LogP contribution in [-0.4, -0.2) is 0 Å². The highest BCUT2D eigenvalue weighted by Gasteiger charge is 2.15. The zero-order valence-electron chi connectivity index (χ0n) is 12.2. The molecule has 0 heterocycles. The molecule has 0 aliphatic carbocycles. The van der Waals surface area contributed by atoms with Crippen molar-refractivity contribution in [3.05, 3.63) is 68.7 Å². The predicted molar refractivity (Wildman–Crippen MR) is 88.6 cm³/mol. The molecule has 0 fully saturated rings. The molecule has 2 rings (SSSR count). The van der Waals surface area contributed by atoms with Crippen molar-refractivity contribution in [1.82, 2.24) is 5.43 Å². The molecule has 1 unspecified atom stereocenters. The van der Waals surface area contributed by atoms with Crippen molar-refractivity contribution in [2.45, 2.75) is 33.2 Å². The van der Waals surface area contributed by atoms with Crippen LogP contribution in [0.25, 0.3) is 0 Å². The smallest absolute Gasteiger partial charge is 0.0511 e. The highest BCUT2D eigenvalue weighted by molar-refractivity contribution is 9.10. The van der Waals surface area contributed by atoms with Crippen LogP contribution in [0.1, 0.15) is 33.9 Å². The van der Waals surface area contributed by atoms with Gasteiger partial charge in [-0.1, -0.05) is 57.9 Å². The lowest BCUT2D eigenvalue weighted by Gasteiger charge is -2.20. The lowest BCUT2D eigenvalue weighted by Crippen LogP contribution is -2.30. The molecule has 2 nitrogen and oxygen atoms in total. The Kier molecular flexibility index (Phi) is 4.97. The molecule has 0 saturated carbocycles. The number of aryl methyl sites for hydroxylation is 3. The maximum atomic E-state index is 5.79. The lowest BCUT2D eigenvalue weighted by atomic mass is 9.94. The van der Waals surface area contributed by atoms with Crippen LogP contribution in [0.4, 0.5) is 0 Å². The van der Waals surface area contributed by atoms with Gasteiger partial charge in [-0.3, -0.25) is 11.3 Å². The molecule has 106 valence electrons. The highest BCUT2D eigenvalue weighted by Crippen LogP contribution is 2.29. The molecule has 0 radical (unpaired) electrons. The van der Waals surface area contributed by atoms with E-state index in [0.717, 1.165) is 10.9 Å². The molecule has 0 aliphatic rings. The summed E-state index contributed by atoms with van der Waals surface area (Å²) in [5, 5.41) is 0. The Hall–Kier alpha value is -1.16. The fourth-order valence-electron chi connectivity index (χ4n) is 2.44. The van der Waals surface area contributed by atoms with Gasteiger partial charge in [0.25, 0.3) is 0 Å². The number of rotatable bonds is 4. The SMILES string of the molecule is Cc1ccc(C)c(CC(NN)c2cccc(C)c2Br)c1. The van der Waals surface area contributed by atoms with Gasteiger partial charge in [-0.2, -0.15) is 0 Å². The van der Waals surface area contributed by atoms with E-state index in [1.165, 1.54) is 27.8 Å². The Bertz CT molecular complexity index is 608. The summed E-state index contributed by atoms with van der Waals surface area (Å²) in [7, 11) is 0. The Morgan fingerprint density at radius 3 is 2.55 bits per heavy atom. The van der Waals surface area contributed by atoms with E-state index in [1.807, 2.05) is 0 Å². The molecule has 2 aromatic rings. The second kappa shape index (κ2) is 6.53. The van der Waals surface area contributed by atoms with Crippen LogP contribution in [0.15, 0.2) is 40.9 Å². The third-order valence-corrected chi connectivity index (χ3v) is 4.81. The first kappa shape index (κ1) is 15.2. The van der Waals surface area contributed by atoms with Gasteiger partial charge in [0.2, 0.25) is 0 Å². The molecule has 0 spiro atoms. The van der Waals surface area contributed by atoms with Gasteiger partial charge in [-0.05, 0) is 49.4 Å². The predicted octanol–water partition coefficient (Wildman–Crippen LogP) is 4.12. The van der Waals surface area contributed by atoms with Crippen LogP contribution in [0.3, 0.4) is 0 Å². The average Bonchev–Trinajstić information content (AvgIpc) is 2.43. The van der Waals surface area contributed by atoms with Crippen LogP contribution < -0.4 is 11.3 Å². The first-order chi connectivity index (χ1) is 9.52. The Morgan fingerprint density at radius 2 is 1.85 bits per heavy atom. The number of hydrazine groups is 1. The van der Waals surface area contributed by atoms with Gasteiger partial charge in [0.1, 0.15) is 0 Å². The van der Waals surface area contributed by atoms with Crippen molar-refractivity contribution < 1.29 is 0 Å². The van der Waals surface area contributed by atoms with Crippen molar-refractivity contribution >= 4 is 15.9 Å². The summed E-state index contributed by atoms with van der Waals surface area (Å²) in [6.45, 7) is 6.36. The van der Waals surface area contributed by atoms with Crippen molar-refractivity contribution in [3.63, 3.8) is 0 Å². The third-order valence-electron chi connectivity index (χ3n) is 3.73. The van der Waals surface area contributed by atoms with Gasteiger partial charge in [-0.25, -0.2) is 0 Å². The normalized spacial score (nSPS) is 12.4. The summed E-state index contributed by atoms with van der Waals surface area (Å²) < 4.78 is 1.13. The van der Waals surface area contributed by atoms with Crippen molar-refractivity contribution in [2.75, 3.05) is 0 Å². The van der Waals surface area contributed by atoms with Crippen LogP contribution in [0.2, 0.25) is 0 Å². The summed E-state index contributed by atoms with van der Waals surface area (Å²) >= 11 is 3.67. The summed E-state index contributed by atoms with van der Waals surface area (Å²) in [6, 6.07) is 12.9. The standard InChI is InChI=1S/C17H21BrN2/c1-11-7-8-12(2)14(9-11)10-16(20-19)15-6-4-5-13(3)17(15)18/h4-9,16,20H,10,19H2,1-3H3. The summed E-state index contributed by atoms with van der Waals surface area (Å²) in [6.07, 6.45) is 0.881. The minimum atomic E-state index is 0.102. The molecular formula is C17H21BrN2. The zero-order valence-corrected chi connectivity index (χ0v) is 13.8. The first-order valence-corrected chi connectivity index (χ1v) is 7.59. The van der Waals surface area contributed by atoms with Gasteiger partial charge in [0.05, 0.1) is 6.04 Å². The second-order valence-electron chi connectivity index (χ2n) is 5.33. The summed E-state index contributed by atoms with van der Waals surface area (Å²) in [4.78, 5) is 0. The van der Waals surface area contributed by atoms with E-state index in [2.05, 4.69) is 78.5 Å². The van der Waals surface area contributed by atoms with Crippen LogP contribution in [0.5, 0.6) is 0 Å². The Balaban J connectivity index is 2.34. The molecule has 0 bridgehead atoms. The lowest BCUT2D eigenvalue weighted by molar-refractivity contribution is 0.548. The number of hydrogen-bond acceptors (Lipinski definition) is 2. The van der Waals surface area contributed by atoms with Crippen LogP contribution >= 0.6 is 15.9 Å². The van der Waals surface area contributed by atoms with E-state index < -0.39 is 0 Å². The van der Waals surface area contributed by atoms with Gasteiger partial charge in [0.15, 0.2) is 0 Å². The largest absolute Gasteiger partial charge is 0.271 e. The van der Waals surface area contributed by atoms with E-state index in [0.29, 0.717) is 0 Å². The molecule has 20 heavy (non-hydrogen) atoms. The van der Waals surface area contributed by atoms with E-state index in [1.54, 1.807) is 0 Å². The zero-order chi connectivity index (χ0) is 14.7. The molecule has 3 N–H and O–H groups in total. The number of nitrogens with one attached hydrogen (secondary N) is 1. The highest BCUT2D eigenvalue weighted by atomic mass is 79.9. The van der Waals surface area contributed by atoms with E-state index in [-0.39, 0.29) is 6.04 Å². The molecule has 2 aromatic carbocycles. The minimum absolute atomic E-state index is 0.102. The number of nitrogens with two attached hydrogens (primary N) is 1. The van der Waals surface area contributed by atoms with Gasteiger partial charge in [0, 0.05) is 4.47 Å². The van der Waals surface area contributed by atoms with E-state index in [9.17, 15) is 0 Å². The van der Waals surface area contributed by atoms with Crippen molar-refractivity contribution in [3.8, 4) is 0 Å². The number of hydrogen-bond donors (Lipinski definition) is 2. The molecule has 0 aliphatic heterocycles. The monoisotopic (exact) mass is 332 g/mol. The van der Waals surface area contributed by atoms with Crippen LogP contribution in [-0.2, 0) is 6.42 Å². The fourth-order valence-corrected chi connectivity index (χ4v) is 2.98. The first-order valence-electron chi connectivity index (χ1n) is 6.80. The van der Waals surface area contributed by atoms with Gasteiger partial charge < -0.3 is 0 Å². The Morgan fingerprint density at radius 1 is 1.10 bits per heavy atom. The van der Waals surface area contributed by atoms with Gasteiger partial charge >= 0.3 is 0 Å². The molecule has 0 saturated heterocycles. The Labute approximate surface area is 129 Å².